The summed E-state index contributed by atoms with van der Waals surface area (Å²) >= 11 is 0. The van der Waals surface area contributed by atoms with Crippen LogP contribution in [0.3, 0.4) is 0 Å². The van der Waals surface area contributed by atoms with Gasteiger partial charge in [-0.05, 0) is 97.8 Å². The Bertz CT molecular complexity index is 1440. The summed E-state index contributed by atoms with van der Waals surface area (Å²) in [4.78, 5) is 27.4. The highest BCUT2D eigenvalue weighted by Gasteiger charge is 2.17. The van der Waals surface area contributed by atoms with Gasteiger partial charge in [-0.15, -0.1) is 0 Å². The number of aliphatic hydroxyl groups is 1. The summed E-state index contributed by atoms with van der Waals surface area (Å²) in [6.07, 6.45) is 4.67. The van der Waals surface area contributed by atoms with Crippen molar-refractivity contribution in [3.63, 3.8) is 0 Å². The third-order valence-corrected chi connectivity index (χ3v) is 6.74. The van der Waals surface area contributed by atoms with Gasteiger partial charge in [-0.3, -0.25) is 9.59 Å². The second kappa shape index (κ2) is 11.7. The quantitative estimate of drug-likeness (QED) is 0.235. The molecule has 2 amide bonds. The third-order valence-electron chi connectivity index (χ3n) is 6.74. The molecule has 0 atom stereocenters. The first-order valence-electron chi connectivity index (χ1n) is 12.9. The first kappa shape index (κ1) is 25.8. The number of carbonyl (C=O) groups is 2. The molecule has 0 bridgehead atoms. The Morgan fingerprint density at radius 1 is 0.769 bits per heavy atom. The van der Waals surface area contributed by atoms with Gasteiger partial charge in [-0.2, -0.15) is 0 Å². The van der Waals surface area contributed by atoms with Crippen LogP contribution in [0.15, 0.2) is 97.7 Å². The van der Waals surface area contributed by atoms with Crippen LogP contribution in [0.2, 0.25) is 0 Å². The molecule has 0 radical (unpaired) electrons. The van der Waals surface area contributed by atoms with Gasteiger partial charge < -0.3 is 30.5 Å². The van der Waals surface area contributed by atoms with Crippen LogP contribution in [-0.2, 0) is 0 Å². The average molecular weight is 522 g/mol. The number of anilines is 5. The van der Waals surface area contributed by atoms with Crippen LogP contribution in [0.5, 0.6) is 0 Å². The smallest absolute Gasteiger partial charge is 0.272 e. The monoisotopic (exact) mass is 521 g/mol. The molecule has 39 heavy (non-hydrogen) atoms. The van der Waals surface area contributed by atoms with Crippen LogP contribution in [0.1, 0.15) is 33.7 Å². The minimum Gasteiger partial charge on any atom is -0.393 e. The summed E-state index contributed by atoms with van der Waals surface area (Å²) in [6, 6.07) is 26.0. The van der Waals surface area contributed by atoms with Crippen molar-refractivity contribution in [1.82, 2.24) is 4.57 Å². The van der Waals surface area contributed by atoms with Crippen molar-refractivity contribution < 1.29 is 14.7 Å². The van der Waals surface area contributed by atoms with Crippen LogP contribution in [0.4, 0.5) is 28.4 Å². The maximum atomic E-state index is 12.7. The van der Waals surface area contributed by atoms with Crippen LogP contribution in [-0.4, -0.2) is 40.7 Å². The van der Waals surface area contributed by atoms with Crippen molar-refractivity contribution in [3.05, 3.63) is 109 Å². The molecule has 5 rings (SSSR count). The van der Waals surface area contributed by atoms with E-state index in [1.165, 1.54) is 0 Å². The number of aliphatic hydroxyl groups excluding tert-OH is 1. The van der Waals surface area contributed by atoms with Gasteiger partial charge in [0.1, 0.15) is 5.69 Å². The molecule has 4 aromatic rings. The summed E-state index contributed by atoms with van der Waals surface area (Å²) < 4.78 is 1.66. The number of nitrogens with one attached hydrogen (secondary N) is 3. The van der Waals surface area contributed by atoms with E-state index in [2.05, 4.69) is 27.4 Å². The fraction of sp³-hybridized carbons (Fsp3) is 0.161. The fourth-order valence-electron chi connectivity index (χ4n) is 4.53. The highest BCUT2D eigenvalue weighted by atomic mass is 16.3. The number of benzene rings is 3. The van der Waals surface area contributed by atoms with Crippen molar-refractivity contribution in [2.75, 3.05) is 33.9 Å². The lowest BCUT2D eigenvalue weighted by Gasteiger charge is -2.31. The number of rotatable bonds is 8. The van der Waals surface area contributed by atoms with Crippen LogP contribution < -0.4 is 20.9 Å². The molecule has 0 spiro atoms. The average Bonchev–Trinajstić information content (AvgIpc) is 3.45. The lowest BCUT2D eigenvalue weighted by Crippen LogP contribution is -2.35. The molecule has 198 valence electrons. The van der Waals surface area contributed by atoms with E-state index < -0.39 is 0 Å². The Hall–Kier alpha value is -4.82. The van der Waals surface area contributed by atoms with Gasteiger partial charge in [-0.25, -0.2) is 0 Å². The lowest BCUT2D eigenvalue weighted by atomic mass is 10.1. The van der Waals surface area contributed by atoms with Gasteiger partial charge in [0.25, 0.3) is 11.8 Å². The molecule has 0 unspecified atom stereocenters. The summed E-state index contributed by atoms with van der Waals surface area (Å²) in [6.45, 7) is 5.34. The molecule has 0 saturated carbocycles. The van der Waals surface area contributed by atoms with Gasteiger partial charge in [0.05, 0.1) is 6.10 Å². The van der Waals surface area contributed by atoms with E-state index in [0.29, 0.717) is 22.6 Å². The number of amides is 2. The Labute approximate surface area is 227 Å². The summed E-state index contributed by atoms with van der Waals surface area (Å²) in [5, 5.41) is 18.8. The van der Waals surface area contributed by atoms with Crippen LogP contribution >= 0.6 is 0 Å². The zero-order valence-corrected chi connectivity index (χ0v) is 21.5. The van der Waals surface area contributed by atoms with Crippen molar-refractivity contribution >= 4 is 46.5 Å². The third kappa shape index (κ3) is 6.37. The van der Waals surface area contributed by atoms with E-state index in [9.17, 15) is 14.7 Å². The van der Waals surface area contributed by atoms with E-state index in [-0.39, 0.29) is 17.9 Å². The van der Waals surface area contributed by atoms with Gasteiger partial charge in [0.2, 0.25) is 0 Å². The molecule has 1 fully saturated rings. The molecule has 8 nitrogen and oxygen atoms in total. The van der Waals surface area contributed by atoms with Gasteiger partial charge in [0.15, 0.2) is 0 Å². The summed E-state index contributed by atoms with van der Waals surface area (Å²) in [5.41, 5.74) is 5.27. The topological polar surface area (TPSA) is 98.6 Å². The number of carbonyl (C=O) groups excluding carboxylic acids is 2. The second-order valence-electron chi connectivity index (χ2n) is 9.44. The standard InChI is InChI=1S/C31H31N5O3/c1-2-35-19-3-4-29(35)31(39)34-26-13-9-24(10-14-26)32-23-7-11-25(12-8-23)33-30(38)22-5-15-27(16-6-22)36-20-17-28(37)18-21-36/h2-16,19,28,32,37H,1,17-18,20-21H2,(H,33,38)(H,34,39). The minimum atomic E-state index is -0.213. The van der Waals surface area contributed by atoms with Crippen molar-refractivity contribution in [1.29, 1.82) is 0 Å². The zero-order valence-electron chi connectivity index (χ0n) is 21.5. The fourth-order valence-corrected chi connectivity index (χ4v) is 4.53. The van der Waals surface area contributed by atoms with Gasteiger partial charge in [0, 0.05) is 59.5 Å². The summed E-state index contributed by atoms with van der Waals surface area (Å²) in [7, 11) is 0. The Kier molecular flexibility index (Phi) is 7.75. The van der Waals surface area contributed by atoms with E-state index in [0.717, 1.165) is 43.0 Å². The molecule has 1 aromatic heterocycles. The van der Waals surface area contributed by atoms with Crippen molar-refractivity contribution in [2.24, 2.45) is 0 Å². The SMILES string of the molecule is C=Cn1cccc1C(=O)Nc1ccc(Nc2ccc(NC(=O)c3ccc(N4CCC(O)CC4)cc3)cc2)cc1. The van der Waals surface area contributed by atoms with E-state index in [1.807, 2.05) is 72.8 Å². The molecule has 1 aliphatic heterocycles. The maximum Gasteiger partial charge on any atom is 0.272 e. The molecule has 2 heterocycles. The lowest BCUT2D eigenvalue weighted by molar-refractivity contribution is 0.101. The predicted octanol–water partition coefficient (Wildman–Crippen LogP) is 5.80. The molecular weight excluding hydrogens is 490 g/mol. The van der Waals surface area contributed by atoms with E-state index in [4.69, 9.17) is 0 Å². The molecule has 4 N–H and O–H groups in total. The highest BCUT2D eigenvalue weighted by Crippen LogP contribution is 2.23. The number of hydrogen-bond acceptors (Lipinski definition) is 5. The minimum absolute atomic E-state index is 0.172. The normalized spacial score (nSPS) is 13.5. The maximum absolute atomic E-state index is 12.7. The van der Waals surface area contributed by atoms with Crippen molar-refractivity contribution in [2.45, 2.75) is 18.9 Å². The molecule has 1 aliphatic rings. The summed E-state index contributed by atoms with van der Waals surface area (Å²) in [5.74, 6) is -0.383. The van der Waals surface area contributed by atoms with Gasteiger partial charge in [-0.1, -0.05) is 6.58 Å². The molecule has 8 heteroatoms. The number of piperidine rings is 1. The molecule has 3 aromatic carbocycles. The first-order valence-corrected chi connectivity index (χ1v) is 12.9. The van der Waals surface area contributed by atoms with Crippen LogP contribution in [0, 0.1) is 0 Å². The Balaban J connectivity index is 1.13. The number of aromatic nitrogens is 1. The Morgan fingerprint density at radius 2 is 1.31 bits per heavy atom. The Morgan fingerprint density at radius 3 is 1.87 bits per heavy atom. The zero-order chi connectivity index (χ0) is 27.2. The van der Waals surface area contributed by atoms with E-state index >= 15 is 0 Å². The highest BCUT2D eigenvalue weighted by molar-refractivity contribution is 6.05. The predicted molar refractivity (Wildman–Crippen MR) is 157 cm³/mol. The first-order chi connectivity index (χ1) is 19.0. The molecule has 0 aliphatic carbocycles. The second-order valence-corrected chi connectivity index (χ2v) is 9.44. The van der Waals surface area contributed by atoms with Crippen LogP contribution in [0.25, 0.3) is 6.20 Å². The number of hydrogen-bond donors (Lipinski definition) is 4. The largest absolute Gasteiger partial charge is 0.393 e. The van der Waals surface area contributed by atoms with Gasteiger partial charge >= 0.3 is 0 Å². The van der Waals surface area contributed by atoms with Crippen molar-refractivity contribution in [3.8, 4) is 0 Å². The molecular formula is C31H31N5O3. The van der Waals surface area contributed by atoms with E-state index in [1.54, 1.807) is 29.1 Å². The molecule has 1 saturated heterocycles. The number of nitrogens with zero attached hydrogens (tertiary/aromatic N) is 2.